The predicted molar refractivity (Wildman–Crippen MR) is 77.1 cm³/mol. The lowest BCUT2D eigenvalue weighted by molar-refractivity contribution is 0.415. The molecule has 0 amide bonds. The van der Waals surface area contributed by atoms with Crippen LogP contribution in [0.3, 0.4) is 0 Å². The van der Waals surface area contributed by atoms with Crippen LogP contribution in [0.1, 0.15) is 18.9 Å². The van der Waals surface area contributed by atoms with E-state index in [4.69, 9.17) is 17.0 Å². The molecule has 0 fully saturated rings. The third-order valence-corrected chi connectivity index (χ3v) is 3.08. The van der Waals surface area contributed by atoms with E-state index in [0.717, 1.165) is 23.5 Å². The highest BCUT2D eigenvalue weighted by atomic mass is 32.1. The lowest BCUT2D eigenvalue weighted by atomic mass is 10.0. The van der Waals surface area contributed by atoms with Crippen molar-refractivity contribution in [3.05, 3.63) is 42.0 Å². The van der Waals surface area contributed by atoms with Crippen LogP contribution in [0.2, 0.25) is 0 Å². The Hall–Kier alpha value is -1.41. The number of rotatable bonds is 4. The highest BCUT2D eigenvalue weighted by molar-refractivity contribution is 7.80. The maximum Gasteiger partial charge on any atom is 0.119 e. The van der Waals surface area contributed by atoms with Gasteiger partial charge in [-0.1, -0.05) is 36.5 Å². The molecule has 2 aromatic rings. The topological polar surface area (TPSA) is 9.23 Å². The van der Waals surface area contributed by atoms with Gasteiger partial charge in [0.2, 0.25) is 0 Å². The molecule has 0 atom stereocenters. The van der Waals surface area contributed by atoms with E-state index in [1.807, 2.05) is 13.0 Å². The maximum atomic E-state index is 5.21. The Bertz CT molecular complexity index is 546. The van der Waals surface area contributed by atoms with Crippen molar-refractivity contribution in [2.24, 2.45) is 0 Å². The molecule has 0 bridgehead atoms. The van der Waals surface area contributed by atoms with Gasteiger partial charge < -0.3 is 4.74 Å². The first-order chi connectivity index (χ1) is 8.19. The molecule has 2 rings (SSSR count). The quantitative estimate of drug-likeness (QED) is 0.746. The average molecular weight is 244 g/mol. The summed E-state index contributed by atoms with van der Waals surface area (Å²) in [4.78, 5) is 1.07. The zero-order valence-corrected chi connectivity index (χ0v) is 11.0. The van der Waals surface area contributed by atoms with Crippen LogP contribution in [0.15, 0.2) is 36.4 Å². The van der Waals surface area contributed by atoms with Crippen LogP contribution in [-0.2, 0) is 6.42 Å². The number of benzene rings is 2. The van der Waals surface area contributed by atoms with Gasteiger partial charge in [0.15, 0.2) is 0 Å². The molecule has 0 saturated carbocycles. The predicted octanol–water partition coefficient (Wildman–Crippen LogP) is 4.17. The highest BCUT2D eigenvalue weighted by Crippen LogP contribution is 2.22. The number of fused-ring (bicyclic) bond motifs is 1. The second kappa shape index (κ2) is 5.28. The van der Waals surface area contributed by atoms with Crippen LogP contribution in [0.4, 0.5) is 0 Å². The highest BCUT2D eigenvalue weighted by Gasteiger charge is 1.99. The van der Waals surface area contributed by atoms with Crippen LogP contribution in [-0.4, -0.2) is 12.0 Å². The van der Waals surface area contributed by atoms with Crippen molar-refractivity contribution in [3.8, 4) is 5.75 Å². The first kappa shape index (κ1) is 12.1. The smallest absolute Gasteiger partial charge is 0.119 e. The molecule has 2 heteroatoms. The van der Waals surface area contributed by atoms with E-state index in [0.29, 0.717) is 0 Å². The average Bonchev–Trinajstić information content (AvgIpc) is 2.35. The molecule has 0 radical (unpaired) electrons. The van der Waals surface area contributed by atoms with Crippen LogP contribution >= 0.6 is 12.2 Å². The van der Waals surface area contributed by atoms with Crippen molar-refractivity contribution in [3.63, 3.8) is 0 Å². The van der Waals surface area contributed by atoms with Crippen LogP contribution in [0, 0.1) is 0 Å². The van der Waals surface area contributed by atoms with Gasteiger partial charge in [0, 0.05) is 0 Å². The largest absolute Gasteiger partial charge is 0.497 e. The fourth-order valence-corrected chi connectivity index (χ4v) is 1.98. The van der Waals surface area contributed by atoms with E-state index >= 15 is 0 Å². The first-order valence-corrected chi connectivity index (χ1v) is 6.16. The molecule has 0 aliphatic rings. The van der Waals surface area contributed by atoms with Crippen LogP contribution < -0.4 is 4.74 Å². The summed E-state index contributed by atoms with van der Waals surface area (Å²) >= 11 is 5.11. The number of hydrogen-bond donors (Lipinski definition) is 0. The van der Waals surface area contributed by atoms with Gasteiger partial charge >= 0.3 is 0 Å². The molecule has 88 valence electrons. The molecule has 17 heavy (non-hydrogen) atoms. The molecule has 0 aromatic heterocycles. The first-order valence-electron chi connectivity index (χ1n) is 5.75. The number of hydrogen-bond acceptors (Lipinski definition) is 2. The number of aryl methyl sites for hydroxylation is 1. The molecule has 0 heterocycles. The lowest BCUT2D eigenvalue weighted by Crippen LogP contribution is -1.91. The summed E-state index contributed by atoms with van der Waals surface area (Å²) in [6.07, 6.45) is 2.01. The van der Waals surface area contributed by atoms with E-state index in [9.17, 15) is 0 Å². The van der Waals surface area contributed by atoms with E-state index in [2.05, 4.69) is 30.3 Å². The Morgan fingerprint density at radius 1 is 1.12 bits per heavy atom. The second-order valence-corrected chi connectivity index (χ2v) is 4.95. The summed E-state index contributed by atoms with van der Waals surface area (Å²) < 4.78 is 5.21. The van der Waals surface area contributed by atoms with Crippen molar-refractivity contribution < 1.29 is 4.74 Å². The van der Waals surface area contributed by atoms with Crippen LogP contribution in [0.25, 0.3) is 10.8 Å². The maximum absolute atomic E-state index is 5.21. The Morgan fingerprint density at radius 3 is 2.53 bits per heavy atom. The third kappa shape index (κ3) is 3.04. The van der Waals surface area contributed by atoms with E-state index in [1.54, 1.807) is 7.11 Å². The van der Waals surface area contributed by atoms with Gasteiger partial charge in [0.25, 0.3) is 0 Å². The van der Waals surface area contributed by atoms with Gasteiger partial charge in [0.05, 0.1) is 7.11 Å². The van der Waals surface area contributed by atoms with E-state index in [1.165, 1.54) is 16.3 Å². The molecule has 0 unspecified atom stereocenters. The van der Waals surface area contributed by atoms with Crippen molar-refractivity contribution >= 4 is 27.9 Å². The minimum atomic E-state index is 0.903. The number of ether oxygens (including phenoxy) is 1. The minimum Gasteiger partial charge on any atom is -0.497 e. The Balaban J connectivity index is 2.28. The van der Waals surface area contributed by atoms with E-state index < -0.39 is 0 Å². The Labute approximate surface area is 107 Å². The lowest BCUT2D eigenvalue weighted by Gasteiger charge is -2.05. The molecule has 0 N–H and O–H groups in total. The minimum absolute atomic E-state index is 0.903. The summed E-state index contributed by atoms with van der Waals surface area (Å²) in [5.41, 5.74) is 1.34. The van der Waals surface area contributed by atoms with Gasteiger partial charge in [-0.05, 0) is 53.1 Å². The molecular formula is C15H16OS. The van der Waals surface area contributed by atoms with Crippen molar-refractivity contribution in [2.75, 3.05) is 7.11 Å². The molecule has 0 saturated heterocycles. The van der Waals surface area contributed by atoms with Gasteiger partial charge in [0.1, 0.15) is 5.75 Å². The zero-order chi connectivity index (χ0) is 12.3. The Kier molecular flexibility index (Phi) is 3.75. The molecule has 2 aromatic carbocycles. The normalized spacial score (nSPS) is 10.5. The number of thiocarbonyl (C=S) groups is 1. The molecule has 0 aliphatic carbocycles. The molecule has 1 nitrogen and oxygen atoms in total. The Morgan fingerprint density at radius 2 is 1.82 bits per heavy atom. The summed E-state index contributed by atoms with van der Waals surface area (Å²) in [7, 11) is 1.69. The zero-order valence-electron chi connectivity index (χ0n) is 10.2. The second-order valence-electron chi connectivity index (χ2n) is 4.25. The molecule has 0 spiro atoms. The van der Waals surface area contributed by atoms with Gasteiger partial charge in [-0.15, -0.1) is 0 Å². The molecular weight excluding hydrogens is 228 g/mol. The summed E-state index contributed by atoms with van der Waals surface area (Å²) in [6, 6.07) is 12.7. The fourth-order valence-electron chi connectivity index (χ4n) is 1.88. The summed E-state index contributed by atoms with van der Waals surface area (Å²) in [5, 5.41) is 2.47. The van der Waals surface area contributed by atoms with Gasteiger partial charge in [-0.25, -0.2) is 0 Å². The van der Waals surface area contributed by atoms with Crippen molar-refractivity contribution in [1.82, 2.24) is 0 Å². The number of methoxy groups -OCH3 is 1. The van der Waals surface area contributed by atoms with Crippen molar-refractivity contribution in [2.45, 2.75) is 19.8 Å². The molecule has 0 aliphatic heterocycles. The van der Waals surface area contributed by atoms with Crippen molar-refractivity contribution in [1.29, 1.82) is 0 Å². The van der Waals surface area contributed by atoms with E-state index in [-0.39, 0.29) is 0 Å². The third-order valence-electron chi connectivity index (χ3n) is 2.88. The summed E-state index contributed by atoms with van der Waals surface area (Å²) in [6.45, 7) is 2.00. The summed E-state index contributed by atoms with van der Waals surface area (Å²) in [5.74, 6) is 0.903. The SMILES string of the molecule is COc1ccc2cc(CCC(C)=S)ccc2c1. The van der Waals surface area contributed by atoms with Gasteiger partial charge in [-0.3, -0.25) is 0 Å². The monoisotopic (exact) mass is 244 g/mol. The van der Waals surface area contributed by atoms with Gasteiger partial charge in [-0.2, -0.15) is 0 Å². The standard InChI is InChI=1S/C15H16OS/c1-11(17)3-4-12-5-6-14-10-15(16-2)8-7-13(14)9-12/h5-10H,3-4H2,1-2H3. The van der Waals surface area contributed by atoms with Crippen LogP contribution in [0.5, 0.6) is 5.75 Å². The fraction of sp³-hybridized carbons (Fsp3) is 0.267.